The van der Waals surface area contributed by atoms with Gasteiger partial charge in [-0.2, -0.15) is 0 Å². The number of hydrogen-bond donors (Lipinski definition) is 2. The molecule has 2 unspecified atom stereocenters. The Morgan fingerprint density at radius 1 is 1.29 bits per heavy atom. The van der Waals surface area contributed by atoms with Crippen LogP contribution in [0.2, 0.25) is 0 Å². The fourth-order valence-electron chi connectivity index (χ4n) is 3.40. The molecule has 0 aromatic heterocycles. The first-order chi connectivity index (χ1) is 10.2. The number of piperazine rings is 1. The van der Waals surface area contributed by atoms with Gasteiger partial charge in [-0.15, -0.1) is 0 Å². The van der Waals surface area contributed by atoms with Crippen LogP contribution in [0.3, 0.4) is 0 Å². The number of nitrogens with one attached hydrogen (secondary N) is 1. The lowest BCUT2D eigenvalue weighted by Crippen LogP contribution is -2.54. The standard InChI is InChI=1S/C16H23N3O2/c1-2-17-16(21)19-9-7-18(8-10-19)14-11-12-5-3-4-6-13(12)15(14)20/h3-6,14-15,20H,2,7-11H2,1H3,(H,17,21). The monoisotopic (exact) mass is 289 g/mol. The summed E-state index contributed by atoms with van der Waals surface area (Å²) in [4.78, 5) is 16.0. The number of nitrogens with zero attached hydrogens (tertiary/aromatic N) is 2. The van der Waals surface area contributed by atoms with Crippen LogP contribution in [0.15, 0.2) is 24.3 Å². The zero-order valence-corrected chi connectivity index (χ0v) is 12.5. The molecule has 1 aromatic carbocycles. The number of benzene rings is 1. The summed E-state index contributed by atoms with van der Waals surface area (Å²) in [6.07, 6.45) is 0.496. The number of aliphatic hydroxyl groups is 1. The van der Waals surface area contributed by atoms with Gasteiger partial charge in [0.1, 0.15) is 0 Å². The van der Waals surface area contributed by atoms with Crippen molar-refractivity contribution in [3.05, 3.63) is 35.4 Å². The molecule has 0 bridgehead atoms. The Labute approximate surface area is 125 Å². The van der Waals surface area contributed by atoms with Crippen molar-refractivity contribution in [3.8, 4) is 0 Å². The quantitative estimate of drug-likeness (QED) is 0.854. The van der Waals surface area contributed by atoms with Crippen LogP contribution in [0.1, 0.15) is 24.2 Å². The van der Waals surface area contributed by atoms with Gasteiger partial charge in [0.2, 0.25) is 0 Å². The summed E-state index contributed by atoms with van der Waals surface area (Å²) in [5.74, 6) is 0. The number of rotatable bonds is 2. The number of aliphatic hydroxyl groups excluding tert-OH is 1. The summed E-state index contributed by atoms with van der Waals surface area (Å²) >= 11 is 0. The van der Waals surface area contributed by atoms with E-state index in [4.69, 9.17) is 0 Å². The van der Waals surface area contributed by atoms with Crippen LogP contribution >= 0.6 is 0 Å². The molecule has 2 N–H and O–H groups in total. The fourth-order valence-corrected chi connectivity index (χ4v) is 3.40. The summed E-state index contributed by atoms with van der Waals surface area (Å²) in [5, 5.41) is 13.4. The highest BCUT2D eigenvalue weighted by Crippen LogP contribution is 2.34. The first-order valence-electron chi connectivity index (χ1n) is 7.73. The molecule has 1 heterocycles. The number of carbonyl (C=O) groups is 1. The number of urea groups is 1. The van der Waals surface area contributed by atoms with Crippen molar-refractivity contribution in [1.82, 2.24) is 15.1 Å². The first-order valence-corrected chi connectivity index (χ1v) is 7.73. The number of fused-ring (bicyclic) bond motifs is 1. The normalized spacial score (nSPS) is 25.7. The smallest absolute Gasteiger partial charge is 0.317 e. The molecule has 1 aliphatic carbocycles. The van der Waals surface area contributed by atoms with Gasteiger partial charge >= 0.3 is 6.03 Å². The highest BCUT2D eigenvalue weighted by atomic mass is 16.3. The molecule has 2 amide bonds. The van der Waals surface area contributed by atoms with Gasteiger partial charge in [0.15, 0.2) is 0 Å². The van der Waals surface area contributed by atoms with Gasteiger partial charge in [0, 0.05) is 38.8 Å². The van der Waals surface area contributed by atoms with Gasteiger partial charge in [-0.05, 0) is 24.5 Å². The average molecular weight is 289 g/mol. The van der Waals surface area contributed by atoms with Gasteiger partial charge < -0.3 is 15.3 Å². The van der Waals surface area contributed by atoms with Crippen molar-refractivity contribution in [3.63, 3.8) is 0 Å². The van der Waals surface area contributed by atoms with Crippen molar-refractivity contribution in [2.24, 2.45) is 0 Å². The van der Waals surface area contributed by atoms with E-state index in [1.807, 2.05) is 30.0 Å². The van der Waals surface area contributed by atoms with Crippen molar-refractivity contribution < 1.29 is 9.90 Å². The molecule has 0 saturated carbocycles. The second kappa shape index (κ2) is 6.03. The van der Waals surface area contributed by atoms with Crippen LogP contribution in [0.25, 0.3) is 0 Å². The second-order valence-electron chi connectivity index (χ2n) is 5.77. The number of carbonyl (C=O) groups excluding carboxylic acids is 1. The van der Waals surface area contributed by atoms with Crippen LogP contribution in [-0.2, 0) is 6.42 Å². The Balaban J connectivity index is 1.60. The van der Waals surface area contributed by atoms with Crippen LogP contribution in [-0.4, -0.2) is 59.7 Å². The summed E-state index contributed by atoms with van der Waals surface area (Å²) < 4.78 is 0. The SMILES string of the molecule is CCNC(=O)N1CCN(C2Cc3ccccc3C2O)CC1. The molecule has 0 radical (unpaired) electrons. The summed E-state index contributed by atoms with van der Waals surface area (Å²) in [6.45, 7) is 5.70. The number of hydrogen-bond acceptors (Lipinski definition) is 3. The van der Waals surface area contributed by atoms with Crippen molar-refractivity contribution >= 4 is 6.03 Å². The Morgan fingerprint density at radius 3 is 2.67 bits per heavy atom. The van der Waals surface area contributed by atoms with Gasteiger partial charge in [-0.25, -0.2) is 4.79 Å². The Bertz CT molecular complexity index is 512. The Kier molecular flexibility index (Phi) is 4.12. The molecule has 1 fully saturated rings. The molecule has 2 aliphatic rings. The molecule has 21 heavy (non-hydrogen) atoms. The second-order valence-corrected chi connectivity index (χ2v) is 5.77. The molecule has 1 saturated heterocycles. The van der Waals surface area contributed by atoms with E-state index < -0.39 is 6.10 Å². The minimum Gasteiger partial charge on any atom is -0.387 e. The molecule has 3 rings (SSSR count). The Hall–Kier alpha value is -1.59. The van der Waals surface area contributed by atoms with Crippen LogP contribution in [0.4, 0.5) is 4.79 Å². The van der Waals surface area contributed by atoms with Gasteiger partial charge in [-0.1, -0.05) is 24.3 Å². The van der Waals surface area contributed by atoms with E-state index in [1.165, 1.54) is 5.56 Å². The zero-order chi connectivity index (χ0) is 14.8. The van der Waals surface area contributed by atoms with Crippen LogP contribution in [0, 0.1) is 0 Å². The van der Waals surface area contributed by atoms with E-state index in [0.29, 0.717) is 6.54 Å². The van der Waals surface area contributed by atoms with E-state index in [9.17, 15) is 9.90 Å². The van der Waals surface area contributed by atoms with Gasteiger partial charge in [0.05, 0.1) is 6.10 Å². The largest absolute Gasteiger partial charge is 0.387 e. The summed E-state index contributed by atoms with van der Waals surface area (Å²) in [7, 11) is 0. The summed E-state index contributed by atoms with van der Waals surface area (Å²) in [6, 6.07) is 8.30. The van der Waals surface area contributed by atoms with Crippen molar-refractivity contribution in [2.45, 2.75) is 25.5 Å². The molecule has 0 spiro atoms. The Morgan fingerprint density at radius 2 is 2.00 bits per heavy atom. The lowest BCUT2D eigenvalue weighted by molar-refractivity contribution is 0.0351. The van der Waals surface area contributed by atoms with E-state index in [1.54, 1.807) is 0 Å². The predicted octanol–water partition coefficient (Wildman–Crippen LogP) is 0.992. The van der Waals surface area contributed by atoms with Crippen LogP contribution in [0.5, 0.6) is 0 Å². The fraction of sp³-hybridized carbons (Fsp3) is 0.562. The average Bonchev–Trinajstić information content (AvgIpc) is 2.85. The minimum atomic E-state index is -0.405. The zero-order valence-electron chi connectivity index (χ0n) is 12.5. The molecule has 114 valence electrons. The van der Waals surface area contributed by atoms with Crippen molar-refractivity contribution in [1.29, 1.82) is 0 Å². The maximum Gasteiger partial charge on any atom is 0.317 e. The number of amides is 2. The van der Waals surface area contributed by atoms with Crippen LogP contribution < -0.4 is 5.32 Å². The molecule has 5 nitrogen and oxygen atoms in total. The third-order valence-corrected chi connectivity index (χ3v) is 4.57. The molecule has 1 aliphatic heterocycles. The third kappa shape index (κ3) is 2.76. The van der Waals surface area contributed by atoms with E-state index >= 15 is 0 Å². The lowest BCUT2D eigenvalue weighted by atomic mass is 10.1. The summed E-state index contributed by atoms with van der Waals surface area (Å²) in [5.41, 5.74) is 2.31. The van der Waals surface area contributed by atoms with Crippen molar-refractivity contribution in [2.75, 3.05) is 32.7 Å². The lowest BCUT2D eigenvalue weighted by Gasteiger charge is -2.39. The van der Waals surface area contributed by atoms with Gasteiger partial charge in [0.25, 0.3) is 0 Å². The molecule has 2 atom stereocenters. The maximum absolute atomic E-state index is 11.8. The highest BCUT2D eigenvalue weighted by Gasteiger charge is 2.36. The molecule has 1 aromatic rings. The molecular weight excluding hydrogens is 266 g/mol. The molecular formula is C16H23N3O2. The first kappa shape index (κ1) is 14.4. The maximum atomic E-state index is 11.8. The van der Waals surface area contributed by atoms with E-state index in [-0.39, 0.29) is 12.1 Å². The van der Waals surface area contributed by atoms with Gasteiger partial charge in [-0.3, -0.25) is 4.90 Å². The highest BCUT2D eigenvalue weighted by molar-refractivity contribution is 5.74. The minimum absolute atomic E-state index is 0.0207. The van der Waals surface area contributed by atoms with E-state index in [0.717, 1.165) is 38.2 Å². The third-order valence-electron chi connectivity index (χ3n) is 4.57. The molecule has 5 heteroatoms. The van der Waals surface area contributed by atoms with E-state index in [2.05, 4.69) is 16.3 Å². The topological polar surface area (TPSA) is 55.8 Å². The predicted molar refractivity (Wildman–Crippen MR) is 81.1 cm³/mol.